The van der Waals surface area contributed by atoms with Crippen molar-refractivity contribution < 1.29 is 4.79 Å². The van der Waals surface area contributed by atoms with Gasteiger partial charge in [0.05, 0.1) is 0 Å². The number of hydrogen-bond acceptors (Lipinski definition) is 5. The van der Waals surface area contributed by atoms with E-state index in [2.05, 4.69) is 35.2 Å². The molecule has 0 aliphatic rings. The number of thiophene rings is 1. The molecule has 3 N–H and O–H groups in total. The first-order chi connectivity index (χ1) is 10.0. The van der Waals surface area contributed by atoms with Crippen molar-refractivity contribution in [3.05, 3.63) is 39.8 Å². The number of nitrogens with zero attached hydrogens (tertiary/aromatic N) is 2. The molecule has 0 aliphatic heterocycles. The number of nitrogens with one attached hydrogen (secondary N) is 1. The van der Waals surface area contributed by atoms with Crippen molar-refractivity contribution >= 4 is 23.2 Å². The van der Waals surface area contributed by atoms with Crippen molar-refractivity contribution in [3.8, 4) is 0 Å². The van der Waals surface area contributed by atoms with Crippen LogP contribution < -0.4 is 11.1 Å². The third-order valence-electron chi connectivity index (χ3n) is 2.88. The number of hydrogen-bond donors (Lipinski definition) is 2. The van der Waals surface area contributed by atoms with Gasteiger partial charge in [-0.05, 0) is 36.3 Å². The maximum absolute atomic E-state index is 12.1. The molecule has 0 radical (unpaired) electrons. The van der Waals surface area contributed by atoms with E-state index in [1.165, 1.54) is 4.88 Å². The standard InChI is InChI=1S/C15H20N4OS/c1-10(2)8-11-9-13(19-15(16)18-11)14(20)17-6-5-12-4-3-7-21-12/h3-4,7,9-10H,5-6,8H2,1-2H3,(H,17,20)(H2,16,18,19). The van der Waals surface area contributed by atoms with Crippen molar-refractivity contribution in [2.75, 3.05) is 12.3 Å². The summed E-state index contributed by atoms with van der Waals surface area (Å²) in [6.45, 7) is 4.78. The summed E-state index contributed by atoms with van der Waals surface area (Å²) in [6.07, 6.45) is 1.60. The van der Waals surface area contributed by atoms with E-state index in [1.807, 2.05) is 11.4 Å². The maximum atomic E-state index is 12.1. The van der Waals surface area contributed by atoms with Gasteiger partial charge in [0, 0.05) is 17.1 Å². The van der Waals surface area contributed by atoms with Crippen molar-refractivity contribution in [1.29, 1.82) is 0 Å². The second-order valence-corrected chi connectivity index (χ2v) is 6.32. The monoisotopic (exact) mass is 304 g/mol. The van der Waals surface area contributed by atoms with Gasteiger partial charge in [0.2, 0.25) is 5.95 Å². The maximum Gasteiger partial charge on any atom is 0.270 e. The van der Waals surface area contributed by atoms with Gasteiger partial charge in [0.25, 0.3) is 5.91 Å². The van der Waals surface area contributed by atoms with E-state index in [0.717, 1.165) is 18.5 Å². The Kier molecular flexibility index (Phi) is 5.27. The molecule has 0 unspecified atom stereocenters. The van der Waals surface area contributed by atoms with Crippen LogP contribution in [0.2, 0.25) is 0 Å². The van der Waals surface area contributed by atoms with Gasteiger partial charge in [-0.3, -0.25) is 4.79 Å². The van der Waals surface area contributed by atoms with Crippen LogP contribution in [-0.2, 0) is 12.8 Å². The normalized spacial score (nSPS) is 10.8. The molecule has 1 amide bonds. The number of amides is 1. The van der Waals surface area contributed by atoms with E-state index in [1.54, 1.807) is 17.4 Å². The van der Waals surface area contributed by atoms with Gasteiger partial charge in [-0.1, -0.05) is 19.9 Å². The lowest BCUT2D eigenvalue weighted by Gasteiger charge is -2.08. The molecule has 2 aromatic rings. The molecule has 112 valence electrons. The van der Waals surface area contributed by atoms with Gasteiger partial charge < -0.3 is 11.1 Å². The highest BCUT2D eigenvalue weighted by Gasteiger charge is 2.11. The number of carbonyl (C=O) groups excluding carboxylic acids is 1. The molecule has 0 atom stereocenters. The number of nitrogens with two attached hydrogens (primary N) is 1. The zero-order chi connectivity index (χ0) is 15.2. The Morgan fingerprint density at radius 1 is 1.43 bits per heavy atom. The van der Waals surface area contributed by atoms with Crippen molar-refractivity contribution in [2.45, 2.75) is 26.7 Å². The number of aromatic nitrogens is 2. The van der Waals surface area contributed by atoms with Crippen LogP contribution in [0.1, 0.15) is 34.9 Å². The first kappa shape index (κ1) is 15.4. The van der Waals surface area contributed by atoms with Gasteiger partial charge in [-0.2, -0.15) is 0 Å². The molecular weight excluding hydrogens is 284 g/mol. The van der Waals surface area contributed by atoms with Gasteiger partial charge in [-0.25, -0.2) is 9.97 Å². The molecule has 0 saturated carbocycles. The van der Waals surface area contributed by atoms with E-state index in [9.17, 15) is 4.79 Å². The first-order valence-corrected chi connectivity index (χ1v) is 7.86. The fraction of sp³-hybridized carbons (Fsp3) is 0.400. The van der Waals surface area contributed by atoms with E-state index >= 15 is 0 Å². The highest BCUT2D eigenvalue weighted by Crippen LogP contribution is 2.10. The number of nitrogen functional groups attached to an aromatic ring is 1. The fourth-order valence-corrected chi connectivity index (χ4v) is 2.71. The summed E-state index contributed by atoms with van der Waals surface area (Å²) in [7, 11) is 0. The lowest BCUT2D eigenvalue weighted by molar-refractivity contribution is 0.0949. The Morgan fingerprint density at radius 3 is 2.90 bits per heavy atom. The predicted molar refractivity (Wildman–Crippen MR) is 85.3 cm³/mol. The van der Waals surface area contributed by atoms with Crippen molar-refractivity contribution in [2.24, 2.45) is 5.92 Å². The van der Waals surface area contributed by atoms with Crippen LogP contribution in [0, 0.1) is 5.92 Å². The summed E-state index contributed by atoms with van der Waals surface area (Å²) >= 11 is 1.69. The molecule has 0 bridgehead atoms. The van der Waals surface area contributed by atoms with Crippen LogP contribution in [0.15, 0.2) is 23.6 Å². The molecule has 0 saturated heterocycles. The zero-order valence-corrected chi connectivity index (χ0v) is 13.1. The number of rotatable bonds is 6. The lowest BCUT2D eigenvalue weighted by Crippen LogP contribution is -2.27. The summed E-state index contributed by atoms with van der Waals surface area (Å²) in [5, 5.41) is 4.90. The fourth-order valence-electron chi connectivity index (χ4n) is 2.00. The molecule has 0 aromatic carbocycles. The SMILES string of the molecule is CC(C)Cc1cc(C(=O)NCCc2cccs2)nc(N)n1. The molecule has 2 rings (SSSR count). The van der Waals surface area contributed by atoms with Crippen LogP contribution in [0.25, 0.3) is 0 Å². The van der Waals surface area contributed by atoms with Crippen LogP contribution in [0.5, 0.6) is 0 Å². The molecule has 6 heteroatoms. The number of anilines is 1. The first-order valence-electron chi connectivity index (χ1n) is 6.98. The van der Waals surface area contributed by atoms with Gasteiger partial charge in [0.1, 0.15) is 5.69 Å². The molecule has 2 aromatic heterocycles. The lowest BCUT2D eigenvalue weighted by atomic mass is 10.1. The minimum atomic E-state index is -0.203. The van der Waals surface area contributed by atoms with E-state index in [-0.39, 0.29) is 11.9 Å². The van der Waals surface area contributed by atoms with E-state index in [4.69, 9.17) is 5.73 Å². The highest BCUT2D eigenvalue weighted by molar-refractivity contribution is 7.09. The smallest absolute Gasteiger partial charge is 0.270 e. The number of carbonyl (C=O) groups is 1. The van der Waals surface area contributed by atoms with Crippen LogP contribution >= 0.6 is 11.3 Å². The summed E-state index contributed by atoms with van der Waals surface area (Å²) in [5.41, 5.74) is 6.82. The summed E-state index contributed by atoms with van der Waals surface area (Å²) in [6, 6.07) is 5.78. The van der Waals surface area contributed by atoms with Crippen molar-refractivity contribution in [1.82, 2.24) is 15.3 Å². The molecule has 2 heterocycles. The summed E-state index contributed by atoms with van der Waals surface area (Å²) < 4.78 is 0. The zero-order valence-electron chi connectivity index (χ0n) is 12.3. The molecule has 5 nitrogen and oxygen atoms in total. The Labute approximate surface area is 128 Å². The topological polar surface area (TPSA) is 80.9 Å². The molecule has 0 aliphatic carbocycles. The average molecular weight is 304 g/mol. The third kappa shape index (κ3) is 4.82. The molecule has 0 spiro atoms. The molecular formula is C15H20N4OS. The minimum absolute atomic E-state index is 0.150. The molecule has 21 heavy (non-hydrogen) atoms. The van der Waals surface area contributed by atoms with Crippen LogP contribution in [-0.4, -0.2) is 22.4 Å². The second-order valence-electron chi connectivity index (χ2n) is 5.29. The Morgan fingerprint density at radius 2 is 2.24 bits per heavy atom. The largest absolute Gasteiger partial charge is 0.368 e. The molecule has 0 fully saturated rings. The van der Waals surface area contributed by atoms with Gasteiger partial charge in [0.15, 0.2) is 0 Å². The van der Waals surface area contributed by atoms with Crippen LogP contribution in [0.4, 0.5) is 5.95 Å². The van der Waals surface area contributed by atoms with Gasteiger partial charge in [-0.15, -0.1) is 11.3 Å². The summed E-state index contributed by atoms with van der Waals surface area (Å²) in [5.74, 6) is 0.399. The predicted octanol–water partition coefficient (Wildman–Crippen LogP) is 2.29. The minimum Gasteiger partial charge on any atom is -0.368 e. The third-order valence-corrected chi connectivity index (χ3v) is 3.82. The Hall–Kier alpha value is -1.95. The Balaban J connectivity index is 1.96. The van der Waals surface area contributed by atoms with Gasteiger partial charge >= 0.3 is 0 Å². The quantitative estimate of drug-likeness (QED) is 0.858. The Bertz CT molecular complexity index is 596. The van der Waals surface area contributed by atoms with E-state index < -0.39 is 0 Å². The highest BCUT2D eigenvalue weighted by atomic mass is 32.1. The van der Waals surface area contributed by atoms with E-state index in [0.29, 0.717) is 18.2 Å². The van der Waals surface area contributed by atoms with Crippen molar-refractivity contribution in [3.63, 3.8) is 0 Å². The second kappa shape index (κ2) is 7.17. The van der Waals surface area contributed by atoms with Crippen LogP contribution in [0.3, 0.4) is 0 Å². The average Bonchev–Trinajstić information content (AvgIpc) is 2.90. The summed E-state index contributed by atoms with van der Waals surface area (Å²) in [4.78, 5) is 21.5.